The molecule has 2 aromatic carbocycles. The Kier molecular flexibility index (Phi) is 5.20. The van der Waals surface area contributed by atoms with E-state index in [1.54, 1.807) is 20.3 Å². The molecule has 2 heterocycles. The van der Waals surface area contributed by atoms with Crippen molar-refractivity contribution in [2.75, 3.05) is 45.8 Å². The number of fused-ring (bicyclic) bond motifs is 1. The number of hydrogen-bond donors (Lipinski definition) is 0. The van der Waals surface area contributed by atoms with Crippen molar-refractivity contribution in [2.45, 2.75) is 13.0 Å². The molecule has 1 saturated heterocycles. The van der Waals surface area contributed by atoms with E-state index in [-0.39, 0.29) is 5.63 Å². The minimum Gasteiger partial charge on any atom is -0.493 e. The fourth-order valence-electron chi connectivity index (χ4n) is 3.78. The van der Waals surface area contributed by atoms with Gasteiger partial charge in [-0.05, 0) is 55.8 Å². The Morgan fingerprint density at radius 1 is 1.00 bits per heavy atom. The van der Waals surface area contributed by atoms with E-state index in [4.69, 9.17) is 13.9 Å². The summed E-state index contributed by atoms with van der Waals surface area (Å²) in [5.41, 5.74) is 1.48. The first-order valence-corrected chi connectivity index (χ1v) is 9.75. The molecule has 0 saturated carbocycles. The molecule has 1 aromatic heterocycles. The molecule has 4 rings (SSSR count). The summed E-state index contributed by atoms with van der Waals surface area (Å²) >= 11 is 0. The fraction of sp³-hybridized carbons (Fsp3) is 0.348. The highest BCUT2D eigenvalue weighted by atomic mass is 16.5. The minimum absolute atomic E-state index is 0.337. The monoisotopic (exact) mass is 394 g/mol. The molecule has 6 nitrogen and oxygen atoms in total. The van der Waals surface area contributed by atoms with Crippen LogP contribution in [0.15, 0.2) is 51.7 Å². The minimum atomic E-state index is -0.337. The van der Waals surface area contributed by atoms with Gasteiger partial charge in [0, 0.05) is 36.9 Å². The number of rotatable bonds is 4. The first-order chi connectivity index (χ1) is 14.0. The zero-order chi connectivity index (χ0) is 20.5. The van der Waals surface area contributed by atoms with Crippen LogP contribution < -0.4 is 20.0 Å². The molecule has 1 unspecified atom stereocenters. The van der Waals surface area contributed by atoms with Crippen LogP contribution in [0.4, 0.5) is 5.69 Å². The lowest BCUT2D eigenvalue weighted by molar-refractivity contribution is 0.234. The van der Waals surface area contributed by atoms with Crippen molar-refractivity contribution in [3.63, 3.8) is 0 Å². The third-order valence-electron chi connectivity index (χ3n) is 5.74. The van der Waals surface area contributed by atoms with Crippen LogP contribution in [0.2, 0.25) is 0 Å². The van der Waals surface area contributed by atoms with Crippen LogP contribution in [-0.4, -0.2) is 51.8 Å². The molecule has 0 aliphatic carbocycles. The van der Waals surface area contributed by atoms with Crippen LogP contribution in [0.5, 0.6) is 11.5 Å². The summed E-state index contributed by atoms with van der Waals surface area (Å²) < 4.78 is 16.3. The van der Waals surface area contributed by atoms with Gasteiger partial charge in [-0.25, -0.2) is 4.79 Å². The maximum atomic E-state index is 12.8. The van der Waals surface area contributed by atoms with Crippen molar-refractivity contribution < 1.29 is 13.9 Å². The van der Waals surface area contributed by atoms with Crippen LogP contribution in [0, 0.1) is 0 Å². The molecule has 3 aromatic rings. The molecular formula is C23H26N2O4. The molecule has 1 fully saturated rings. The van der Waals surface area contributed by atoms with Gasteiger partial charge in [0.25, 0.3) is 0 Å². The van der Waals surface area contributed by atoms with Crippen molar-refractivity contribution in [3.05, 3.63) is 52.9 Å². The van der Waals surface area contributed by atoms with Crippen LogP contribution in [0.3, 0.4) is 0 Å². The van der Waals surface area contributed by atoms with E-state index in [1.165, 1.54) is 0 Å². The SMILES string of the molecule is COc1ccc(-c2cc3ccc(N4CCN(C)C(C)C4)cc3c(=O)o2)cc1OC. The average molecular weight is 394 g/mol. The smallest absolute Gasteiger partial charge is 0.344 e. The first-order valence-electron chi connectivity index (χ1n) is 9.75. The number of hydrogen-bond acceptors (Lipinski definition) is 6. The third-order valence-corrected chi connectivity index (χ3v) is 5.74. The standard InChI is InChI=1S/C23H26N2O4/c1-15-14-25(10-9-24(15)2)18-7-5-16-11-21(29-23(26)19(16)13-18)17-6-8-20(27-3)22(12-17)28-4/h5-8,11-13,15H,9-10,14H2,1-4H3. The largest absolute Gasteiger partial charge is 0.493 e. The molecule has 29 heavy (non-hydrogen) atoms. The number of benzene rings is 2. The number of piperazine rings is 1. The van der Waals surface area contributed by atoms with Gasteiger partial charge in [-0.3, -0.25) is 0 Å². The van der Waals surface area contributed by atoms with Gasteiger partial charge in [0.2, 0.25) is 0 Å². The Morgan fingerprint density at radius 2 is 1.79 bits per heavy atom. The molecular weight excluding hydrogens is 368 g/mol. The van der Waals surface area contributed by atoms with E-state index < -0.39 is 0 Å². The van der Waals surface area contributed by atoms with Gasteiger partial charge in [0.05, 0.1) is 19.6 Å². The Morgan fingerprint density at radius 3 is 2.52 bits per heavy atom. The quantitative estimate of drug-likeness (QED) is 0.674. The second-order valence-corrected chi connectivity index (χ2v) is 7.52. The lowest BCUT2D eigenvalue weighted by Crippen LogP contribution is -2.50. The Hall–Kier alpha value is -2.99. The van der Waals surface area contributed by atoms with Gasteiger partial charge in [-0.2, -0.15) is 0 Å². The zero-order valence-corrected chi connectivity index (χ0v) is 17.3. The zero-order valence-electron chi connectivity index (χ0n) is 17.3. The summed E-state index contributed by atoms with van der Waals surface area (Å²) in [4.78, 5) is 17.4. The van der Waals surface area contributed by atoms with Crippen molar-refractivity contribution in [1.29, 1.82) is 0 Å². The van der Waals surface area contributed by atoms with E-state index >= 15 is 0 Å². The summed E-state index contributed by atoms with van der Waals surface area (Å²) in [7, 11) is 5.32. The summed E-state index contributed by atoms with van der Waals surface area (Å²) in [5, 5.41) is 1.45. The molecule has 0 amide bonds. The summed E-state index contributed by atoms with van der Waals surface area (Å²) in [6.45, 7) is 5.11. The molecule has 0 spiro atoms. The Balaban J connectivity index is 1.71. The molecule has 1 atom stereocenters. The van der Waals surface area contributed by atoms with Gasteiger partial charge in [0.15, 0.2) is 11.5 Å². The molecule has 1 aliphatic rings. The van der Waals surface area contributed by atoms with Crippen LogP contribution in [0.25, 0.3) is 22.1 Å². The van der Waals surface area contributed by atoms with E-state index in [1.807, 2.05) is 30.3 Å². The summed E-state index contributed by atoms with van der Waals surface area (Å²) in [6.07, 6.45) is 0. The number of nitrogens with zero attached hydrogens (tertiary/aromatic N) is 2. The Labute approximate surface area is 170 Å². The fourth-order valence-corrected chi connectivity index (χ4v) is 3.78. The van der Waals surface area contributed by atoms with Gasteiger partial charge in [-0.15, -0.1) is 0 Å². The van der Waals surface area contributed by atoms with Crippen LogP contribution in [-0.2, 0) is 0 Å². The predicted molar refractivity (Wildman–Crippen MR) is 115 cm³/mol. The van der Waals surface area contributed by atoms with Crippen LogP contribution >= 0.6 is 0 Å². The lowest BCUT2D eigenvalue weighted by atomic mass is 10.1. The molecule has 1 aliphatic heterocycles. The maximum absolute atomic E-state index is 12.8. The number of methoxy groups -OCH3 is 2. The van der Waals surface area contributed by atoms with E-state index in [0.717, 1.165) is 36.3 Å². The van der Waals surface area contributed by atoms with Crippen molar-refractivity contribution in [1.82, 2.24) is 4.90 Å². The molecule has 0 N–H and O–H groups in total. The molecule has 152 valence electrons. The second kappa shape index (κ2) is 7.79. The second-order valence-electron chi connectivity index (χ2n) is 7.52. The predicted octanol–water partition coefficient (Wildman–Crippen LogP) is 3.62. The molecule has 6 heteroatoms. The number of ether oxygens (including phenoxy) is 2. The van der Waals surface area contributed by atoms with Gasteiger partial charge >= 0.3 is 5.63 Å². The average Bonchev–Trinajstić information content (AvgIpc) is 2.74. The lowest BCUT2D eigenvalue weighted by Gasteiger charge is -2.39. The van der Waals surface area contributed by atoms with Crippen LogP contribution in [0.1, 0.15) is 6.92 Å². The summed E-state index contributed by atoms with van der Waals surface area (Å²) in [6, 6.07) is 13.9. The van der Waals surface area contributed by atoms with Crippen molar-refractivity contribution >= 4 is 16.5 Å². The maximum Gasteiger partial charge on any atom is 0.344 e. The first kappa shape index (κ1) is 19.3. The van der Waals surface area contributed by atoms with Gasteiger partial charge in [-0.1, -0.05) is 6.07 Å². The normalized spacial score (nSPS) is 17.5. The van der Waals surface area contributed by atoms with Crippen molar-refractivity contribution in [3.8, 4) is 22.8 Å². The van der Waals surface area contributed by atoms with Gasteiger partial charge < -0.3 is 23.7 Å². The highest BCUT2D eigenvalue weighted by Crippen LogP contribution is 2.33. The molecule has 0 radical (unpaired) electrons. The molecule has 0 bridgehead atoms. The number of likely N-dealkylation sites (N-methyl/N-ethyl adjacent to an activating group) is 1. The van der Waals surface area contributed by atoms with Crippen molar-refractivity contribution in [2.24, 2.45) is 0 Å². The van der Waals surface area contributed by atoms with E-state index in [0.29, 0.717) is 28.7 Å². The third kappa shape index (κ3) is 3.68. The Bertz CT molecular complexity index is 1090. The topological polar surface area (TPSA) is 55.2 Å². The highest BCUT2D eigenvalue weighted by molar-refractivity contribution is 5.87. The van der Waals surface area contributed by atoms with E-state index in [9.17, 15) is 4.79 Å². The number of anilines is 1. The summed E-state index contributed by atoms with van der Waals surface area (Å²) in [5.74, 6) is 1.72. The highest BCUT2D eigenvalue weighted by Gasteiger charge is 2.21. The van der Waals surface area contributed by atoms with Gasteiger partial charge in [0.1, 0.15) is 5.76 Å². The van der Waals surface area contributed by atoms with E-state index in [2.05, 4.69) is 29.8 Å².